The molecule has 2 rings (SSSR count). The van der Waals surface area contributed by atoms with Gasteiger partial charge in [0.15, 0.2) is 0 Å². The number of amides is 2. The lowest BCUT2D eigenvalue weighted by Gasteiger charge is -2.34. The van der Waals surface area contributed by atoms with Crippen LogP contribution in [0.4, 0.5) is 4.39 Å². The number of hydrogen-bond acceptors (Lipinski definition) is 2. The van der Waals surface area contributed by atoms with E-state index in [2.05, 4.69) is 15.9 Å². The van der Waals surface area contributed by atoms with E-state index in [1.54, 1.807) is 15.9 Å². The maximum absolute atomic E-state index is 13.7. The molecule has 19 heavy (non-hydrogen) atoms. The van der Waals surface area contributed by atoms with Crippen LogP contribution < -0.4 is 0 Å². The summed E-state index contributed by atoms with van der Waals surface area (Å²) in [4.78, 5) is 26.6. The highest BCUT2D eigenvalue weighted by atomic mass is 79.9. The molecule has 4 nitrogen and oxygen atoms in total. The van der Waals surface area contributed by atoms with Crippen molar-refractivity contribution in [2.24, 2.45) is 0 Å². The summed E-state index contributed by atoms with van der Waals surface area (Å²) in [6.45, 7) is 3.38. The summed E-state index contributed by atoms with van der Waals surface area (Å²) in [7, 11) is 0. The summed E-state index contributed by atoms with van der Waals surface area (Å²) in [5.74, 6) is -0.858. The van der Waals surface area contributed by atoms with Gasteiger partial charge in [-0.05, 0) is 18.2 Å². The molecule has 0 bridgehead atoms. The Labute approximate surface area is 119 Å². The van der Waals surface area contributed by atoms with Crippen molar-refractivity contribution in [1.29, 1.82) is 0 Å². The number of benzene rings is 1. The van der Waals surface area contributed by atoms with Gasteiger partial charge in [-0.2, -0.15) is 0 Å². The molecule has 1 saturated heterocycles. The Hall–Kier alpha value is -1.43. The Morgan fingerprint density at radius 3 is 2.26 bits per heavy atom. The molecule has 6 heteroatoms. The van der Waals surface area contributed by atoms with Crippen molar-refractivity contribution in [2.45, 2.75) is 6.92 Å². The first-order valence-electron chi connectivity index (χ1n) is 5.99. The quantitative estimate of drug-likeness (QED) is 0.790. The first-order chi connectivity index (χ1) is 8.99. The molecule has 1 heterocycles. The van der Waals surface area contributed by atoms with Gasteiger partial charge in [0, 0.05) is 37.6 Å². The average molecular weight is 329 g/mol. The summed E-state index contributed by atoms with van der Waals surface area (Å²) in [5, 5.41) is 0. The van der Waals surface area contributed by atoms with Gasteiger partial charge in [0.25, 0.3) is 5.91 Å². The van der Waals surface area contributed by atoms with Crippen molar-refractivity contribution >= 4 is 27.7 Å². The molecule has 0 atom stereocenters. The molecule has 1 fully saturated rings. The van der Waals surface area contributed by atoms with Crippen LogP contribution in [0.25, 0.3) is 0 Å². The van der Waals surface area contributed by atoms with Crippen molar-refractivity contribution in [2.75, 3.05) is 26.2 Å². The van der Waals surface area contributed by atoms with Crippen LogP contribution in [-0.2, 0) is 4.79 Å². The smallest absolute Gasteiger partial charge is 0.256 e. The molecule has 0 N–H and O–H groups in total. The summed E-state index contributed by atoms with van der Waals surface area (Å²) in [5.41, 5.74) is 0.0690. The second kappa shape index (κ2) is 5.69. The first-order valence-corrected chi connectivity index (χ1v) is 6.78. The Morgan fingerprint density at radius 1 is 1.16 bits per heavy atom. The number of nitrogens with zero attached hydrogens (tertiary/aromatic N) is 2. The highest BCUT2D eigenvalue weighted by Crippen LogP contribution is 2.17. The zero-order valence-corrected chi connectivity index (χ0v) is 12.1. The van der Waals surface area contributed by atoms with Crippen LogP contribution in [0.5, 0.6) is 0 Å². The summed E-state index contributed by atoms with van der Waals surface area (Å²) in [6.07, 6.45) is 0. The zero-order chi connectivity index (χ0) is 14.0. The van der Waals surface area contributed by atoms with Crippen LogP contribution in [0.3, 0.4) is 0 Å². The third-order valence-corrected chi connectivity index (χ3v) is 3.67. The van der Waals surface area contributed by atoms with E-state index in [1.807, 2.05) is 0 Å². The lowest BCUT2D eigenvalue weighted by atomic mass is 10.1. The first kappa shape index (κ1) is 14.0. The minimum Gasteiger partial charge on any atom is -0.339 e. The molecule has 0 saturated carbocycles. The maximum atomic E-state index is 13.7. The number of carbonyl (C=O) groups excluding carboxylic acids is 2. The van der Waals surface area contributed by atoms with Crippen LogP contribution in [-0.4, -0.2) is 47.8 Å². The predicted octanol–water partition coefficient (Wildman–Crippen LogP) is 1.89. The monoisotopic (exact) mass is 328 g/mol. The van der Waals surface area contributed by atoms with Gasteiger partial charge >= 0.3 is 0 Å². The van der Waals surface area contributed by atoms with Crippen molar-refractivity contribution < 1.29 is 14.0 Å². The minimum absolute atomic E-state index is 0.00178. The standard InChI is InChI=1S/C13H14BrFN2O2/c1-9(18)16-4-6-17(7-5-16)13(19)11-3-2-10(14)8-12(11)15/h2-3,8H,4-7H2,1H3. The SMILES string of the molecule is CC(=O)N1CCN(C(=O)c2ccc(Br)cc2F)CC1. The fourth-order valence-corrected chi connectivity index (χ4v) is 2.39. The van der Waals surface area contributed by atoms with Crippen LogP contribution in [0.1, 0.15) is 17.3 Å². The molecular formula is C13H14BrFN2O2. The Bertz CT molecular complexity index is 513. The van der Waals surface area contributed by atoms with Gasteiger partial charge in [-0.15, -0.1) is 0 Å². The van der Waals surface area contributed by atoms with E-state index in [0.29, 0.717) is 30.7 Å². The molecule has 1 aromatic rings. The topological polar surface area (TPSA) is 40.6 Å². The van der Waals surface area contributed by atoms with Crippen molar-refractivity contribution in [3.05, 3.63) is 34.1 Å². The fraction of sp³-hybridized carbons (Fsp3) is 0.385. The third kappa shape index (κ3) is 3.12. The molecule has 0 spiro atoms. The summed E-state index contributed by atoms with van der Waals surface area (Å²) in [6, 6.07) is 4.39. The second-order valence-electron chi connectivity index (χ2n) is 4.42. The van der Waals surface area contributed by atoms with Crippen LogP contribution in [0.2, 0.25) is 0 Å². The fourth-order valence-electron chi connectivity index (χ4n) is 2.06. The molecule has 1 aromatic carbocycles. The highest BCUT2D eigenvalue weighted by molar-refractivity contribution is 9.10. The number of piperazine rings is 1. The zero-order valence-electron chi connectivity index (χ0n) is 10.5. The van der Waals surface area contributed by atoms with E-state index in [1.165, 1.54) is 19.1 Å². The van der Waals surface area contributed by atoms with E-state index >= 15 is 0 Å². The van der Waals surface area contributed by atoms with Crippen LogP contribution in [0.15, 0.2) is 22.7 Å². The lowest BCUT2D eigenvalue weighted by molar-refractivity contribution is -0.130. The van der Waals surface area contributed by atoms with E-state index in [0.717, 1.165) is 0 Å². The van der Waals surface area contributed by atoms with E-state index < -0.39 is 5.82 Å². The number of rotatable bonds is 1. The van der Waals surface area contributed by atoms with Gasteiger partial charge in [0.05, 0.1) is 5.56 Å². The average Bonchev–Trinajstić information content (AvgIpc) is 2.38. The summed E-state index contributed by atoms with van der Waals surface area (Å²) < 4.78 is 14.3. The number of hydrogen-bond donors (Lipinski definition) is 0. The number of halogens is 2. The maximum Gasteiger partial charge on any atom is 0.256 e. The van der Waals surface area contributed by atoms with E-state index in [-0.39, 0.29) is 17.4 Å². The molecule has 1 aliphatic rings. The second-order valence-corrected chi connectivity index (χ2v) is 5.34. The Morgan fingerprint density at radius 2 is 1.74 bits per heavy atom. The molecule has 0 aliphatic carbocycles. The molecular weight excluding hydrogens is 315 g/mol. The van der Waals surface area contributed by atoms with Gasteiger partial charge < -0.3 is 9.80 Å². The van der Waals surface area contributed by atoms with Gasteiger partial charge in [0.2, 0.25) is 5.91 Å². The van der Waals surface area contributed by atoms with Crippen molar-refractivity contribution in [1.82, 2.24) is 9.80 Å². The Kier molecular flexibility index (Phi) is 4.19. The van der Waals surface area contributed by atoms with Gasteiger partial charge in [-0.3, -0.25) is 9.59 Å². The molecule has 0 radical (unpaired) electrons. The largest absolute Gasteiger partial charge is 0.339 e. The van der Waals surface area contributed by atoms with Crippen LogP contribution >= 0.6 is 15.9 Å². The highest BCUT2D eigenvalue weighted by Gasteiger charge is 2.24. The predicted molar refractivity (Wildman–Crippen MR) is 72.3 cm³/mol. The van der Waals surface area contributed by atoms with Crippen molar-refractivity contribution in [3.8, 4) is 0 Å². The lowest BCUT2D eigenvalue weighted by Crippen LogP contribution is -2.50. The van der Waals surface area contributed by atoms with Gasteiger partial charge in [0.1, 0.15) is 5.82 Å². The van der Waals surface area contributed by atoms with Gasteiger partial charge in [-0.25, -0.2) is 4.39 Å². The van der Waals surface area contributed by atoms with E-state index in [9.17, 15) is 14.0 Å². The number of carbonyl (C=O) groups is 2. The molecule has 102 valence electrons. The third-order valence-electron chi connectivity index (χ3n) is 3.17. The van der Waals surface area contributed by atoms with Gasteiger partial charge in [-0.1, -0.05) is 15.9 Å². The molecule has 1 aliphatic heterocycles. The van der Waals surface area contributed by atoms with E-state index in [4.69, 9.17) is 0 Å². The molecule has 0 unspecified atom stereocenters. The minimum atomic E-state index is -0.534. The normalized spacial score (nSPS) is 15.5. The molecule has 2 amide bonds. The van der Waals surface area contributed by atoms with Crippen molar-refractivity contribution in [3.63, 3.8) is 0 Å². The summed E-state index contributed by atoms with van der Waals surface area (Å²) >= 11 is 3.16. The van der Waals surface area contributed by atoms with Crippen LogP contribution in [0, 0.1) is 5.82 Å². The Balaban J connectivity index is 2.07. The molecule has 0 aromatic heterocycles.